The Bertz CT molecular complexity index is 1490. The highest BCUT2D eigenvalue weighted by atomic mass is 32.2. The fourth-order valence-corrected chi connectivity index (χ4v) is 5.57. The zero-order valence-corrected chi connectivity index (χ0v) is 18.7. The number of anilines is 2. The SMILES string of the molecule is COc1cc2c(cc1NS(=O)(=O)c1ccc3c(c1)CC(C)N3C(C)=O)oc1ccccc12. The van der Waals surface area contributed by atoms with Crippen LogP contribution in [0.4, 0.5) is 11.4 Å². The fourth-order valence-electron chi connectivity index (χ4n) is 4.46. The summed E-state index contributed by atoms with van der Waals surface area (Å²) in [6.07, 6.45) is 0.604. The van der Waals surface area contributed by atoms with Crippen LogP contribution in [0.2, 0.25) is 0 Å². The van der Waals surface area contributed by atoms with Gasteiger partial charge in [-0.25, -0.2) is 8.42 Å². The Hall–Kier alpha value is -3.52. The van der Waals surface area contributed by atoms with Crippen LogP contribution >= 0.6 is 0 Å². The van der Waals surface area contributed by atoms with E-state index in [1.165, 1.54) is 20.1 Å². The topological polar surface area (TPSA) is 88.9 Å². The maximum absolute atomic E-state index is 13.2. The van der Waals surface area contributed by atoms with Crippen LogP contribution in [0.5, 0.6) is 5.75 Å². The quantitative estimate of drug-likeness (QED) is 0.487. The van der Waals surface area contributed by atoms with Crippen LogP contribution < -0.4 is 14.4 Å². The van der Waals surface area contributed by atoms with Crippen molar-refractivity contribution in [2.45, 2.75) is 31.2 Å². The van der Waals surface area contributed by atoms with Crippen molar-refractivity contribution >= 4 is 49.2 Å². The van der Waals surface area contributed by atoms with Gasteiger partial charge in [-0.3, -0.25) is 9.52 Å². The third kappa shape index (κ3) is 3.18. The van der Waals surface area contributed by atoms with Crippen LogP contribution in [0, 0.1) is 0 Å². The predicted molar refractivity (Wildman–Crippen MR) is 124 cm³/mol. The maximum Gasteiger partial charge on any atom is 0.262 e. The summed E-state index contributed by atoms with van der Waals surface area (Å²) in [5.41, 5.74) is 3.15. The number of nitrogens with one attached hydrogen (secondary N) is 1. The molecule has 0 aliphatic carbocycles. The van der Waals surface area contributed by atoms with E-state index in [2.05, 4.69) is 4.72 Å². The van der Waals surface area contributed by atoms with Crippen molar-refractivity contribution < 1.29 is 22.4 Å². The van der Waals surface area contributed by atoms with Crippen molar-refractivity contribution in [1.29, 1.82) is 0 Å². The first-order valence-corrected chi connectivity index (χ1v) is 11.7. The van der Waals surface area contributed by atoms with Crippen LogP contribution in [0.25, 0.3) is 21.9 Å². The van der Waals surface area contributed by atoms with Crippen LogP contribution in [0.1, 0.15) is 19.4 Å². The average molecular weight is 451 g/mol. The minimum Gasteiger partial charge on any atom is -0.495 e. The van der Waals surface area contributed by atoms with Gasteiger partial charge in [0, 0.05) is 35.5 Å². The number of nitrogens with zero attached hydrogens (tertiary/aromatic N) is 1. The van der Waals surface area contributed by atoms with Gasteiger partial charge in [-0.2, -0.15) is 0 Å². The number of methoxy groups -OCH3 is 1. The molecular formula is C24H22N2O5S. The lowest BCUT2D eigenvalue weighted by Gasteiger charge is -2.20. The van der Waals surface area contributed by atoms with E-state index in [0.29, 0.717) is 29.0 Å². The van der Waals surface area contributed by atoms with Crippen LogP contribution in [-0.4, -0.2) is 27.5 Å². The normalized spacial score (nSPS) is 15.8. The van der Waals surface area contributed by atoms with Gasteiger partial charge in [0.25, 0.3) is 10.0 Å². The summed E-state index contributed by atoms with van der Waals surface area (Å²) in [4.78, 5) is 13.8. The third-order valence-corrected chi connectivity index (χ3v) is 7.22. The standard InChI is InChI=1S/C24H22N2O5S/c1-14-10-16-11-17(8-9-21(16)26(14)15(2)27)32(28,29)25-20-13-23-19(12-24(20)30-3)18-6-4-5-7-22(18)31-23/h4-9,11-14,25H,10H2,1-3H3. The number of furan rings is 1. The smallest absolute Gasteiger partial charge is 0.262 e. The van der Waals surface area contributed by atoms with E-state index < -0.39 is 10.0 Å². The summed E-state index contributed by atoms with van der Waals surface area (Å²) < 4.78 is 40.4. The van der Waals surface area contributed by atoms with E-state index in [1.54, 1.807) is 29.2 Å². The van der Waals surface area contributed by atoms with E-state index in [9.17, 15) is 13.2 Å². The molecule has 1 unspecified atom stereocenters. The molecule has 0 saturated carbocycles. The van der Waals surface area contributed by atoms with Crippen LogP contribution in [-0.2, 0) is 21.2 Å². The second-order valence-electron chi connectivity index (χ2n) is 7.99. The maximum atomic E-state index is 13.2. The largest absolute Gasteiger partial charge is 0.495 e. The zero-order chi connectivity index (χ0) is 22.6. The van der Waals surface area contributed by atoms with Crippen molar-refractivity contribution in [2.24, 2.45) is 0 Å². The summed E-state index contributed by atoms with van der Waals surface area (Å²) in [6, 6.07) is 15.8. The van der Waals surface area contributed by atoms with E-state index >= 15 is 0 Å². The number of carbonyl (C=O) groups excluding carboxylic acids is 1. The number of benzene rings is 3. The van der Waals surface area contributed by atoms with Gasteiger partial charge in [-0.05, 0) is 49.2 Å². The lowest BCUT2D eigenvalue weighted by molar-refractivity contribution is -0.116. The molecule has 0 radical (unpaired) electrons. The second kappa shape index (κ2) is 7.27. The Morgan fingerprint density at radius 3 is 2.62 bits per heavy atom. The van der Waals surface area contributed by atoms with Crippen molar-refractivity contribution in [1.82, 2.24) is 0 Å². The molecule has 1 N–H and O–H groups in total. The van der Waals surface area contributed by atoms with Gasteiger partial charge in [0.05, 0.1) is 17.7 Å². The number of hydrogen-bond acceptors (Lipinski definition) is 5. The first-order valence-electron chi connectivity index (χ1n) is 10.2. The molecule has 0 fully saturated rings. The first kappa shape index (κ1) is 20.4. The summed E-state index contributed by atoms with van der Waals surface area (Å²) in [5.74, 6) is 0.332. The highest BCUT2D eigenvalue weighted by Crippen LogP contribution is 2.38. The van der Waals surface area contributed by atoms with E-state index in [4.69, 9.17) is 9.15 Å². The number of ether oxygens (including phenoxy) is 1. The van der Waals surface area contributed by atoms with E-state index in [0.717, 1.165) is 22.0 Å². The average Bonchev–Trinajstić information content (AvgIpc) is 3.28. The molecule has 3 aromatic carbocycles. The summed E-state index contributed by atoms with van der Waals surface area (Å²) in [5, 5.41) is 1.77. The van der Waals surface area contributed by atoms with Gasteiger partial charge in [-0.1, -0.05) is 18.2 Å². The Morgan fingerprint density at radius 2 is 1.88 bits per heavy atom. The molecule has 7 nitrogen and oxygen atoms in total. The van der Waals surface area contributed by atoms with Crippen LogP contribution in [0.15, 0.2) is 63.9 Å². The first-order chi connectivity index (χ1) is 15.3. The Balaban J connectivity index is 1.54. The Morgan fingerprint density at radius 1 is 1.09 bits per heavy atom. The van der Waals surface area contributed by atoms with Crippen LogP contribution in [0.3, 0.4) is 0 Å². The molecule has 1 aromatic heterocycles. The molecule has 4 aromatic rings. The zero-order valence-electron chi connectivity index (χ0n) is 17.9. The molecule has 1 aliphatic heterocycles. The van der Waals surface area contributed by atoms with E-state index in [-0.39, 0.29) is 16.8 Å². The third-order valence-electron chi connectivity index (χ3n) is 5.86. The van der Waals surface area contributed by atoms with Crippen molar-refractivity contribution in [2.75, 3.05) is 16.7 Å². The number of rotatable bonds is 4. The minimum absolute atomic E-state index is 0.0102. The number of hydrogen-bond donors (Lipinski definition) is 1. The van der Waals surface area contributed by atoms with Gasteiger partial charge < -0.3 is 14.1 Å². The molecular weight excluding hydrogens is 428 g/mol. The van der Waals surface area contributed by atoms with Gasteiger partial charge in [0.15, 0.2) is 0 Å². The lowest BCUT2D eigenvalue weighted by atomic mass is 10.1. The summed E-state index contributed by atoms with van der Waals surface area (Å²) in [6.45, 7) is 3.46. The van der Waals surface area contributed by atoms with Crippen molar-refractivity contribution in [3.05, 3.63) is 60.2 Å². The van der Waals surface area contributed by atoms with Crippen molar-refractivity contribution in [3.8, 4) is 5.75 Å². The molecule has 2 heterocycles. The van der Waals surface area contributed by atoms with Gasteiger partial charge in [0.2, 0.25) is 5.91 Å². The molecule has 8 heteroatoms. The highest BCUT2D eigenvalue weighted by molar-refractivity contribution is 7.92. The van der Waals surface area contributed by atoms with Crippen molar-refractivity contribution in [3.63, 3.8) is 0 Å². The molecule has 32 heavy (non-hydrogen) atoms. The Labute approximate surface area is 185 Å². The molecule has 0 bridgehead atoms. The fraction of sp³-hybridized carbons (Fsp3) is 0.208. The van der Waals surface area contributed by atoms with Gasteiger partial charge >= 0.3 is 0 Å². The predicted octanol–water partition coefficient (Wildman–Crippen LogP) is 4.69. The molecule has 5 rings (SSSR count). The number of para-hydroxylation sites is 1. The summed E-state index contributed by atoms with van der Waals surface area (Å²) in [7, 11) is -2.40. The monoisotopic (exact) mass is 450 g/mol. The molecule has 0 spiro atoms. The number of carbonyl (C=O) groups is 1. The van der Waals surface area contributed by atoms with E-state index in [1.807, 2.05) is 31.2 Å². The molecule has 164 valence electrons. The van der Waals surface area contributed by atoms with Gasteiger partial charge in [0.1, 0.15) is 16.9 Å². The second-order valence-corrected chi connectivity index (χ2v) is 9.67. The summed E-state index contributed by atoms with van der Waals surface area (Å²) >= 11 is 0. The number of fused-ring (bicyclic) bond motifs is 4. The molecule has 1 amide bonds. The minimum atomic E-state index is -3.90. The Kier molecular flexibility index (Phi) is 4.63. The number of amides is 1. The molecule has 0 saturated heterocycles. The molecule has 1 atom stereocenters. The van der Waals surface area contributed by atoms with Gasteiger partial charge in [-0.15, -0.1) is 0 Å². The molecule has 1 aliphatic rings. The highest BCUT2D eigenvalue weighted by Gasteiger charge is 2.30. The lowest BCUT2D eigenvalue weighted by Crippen LogP contribution is -2.33. The number of sulfonamides is 1.